The van der Waals surface area contributed by atoms with Crippen molar-refractivity contribution in [2.24, 2.45) is 5.73 Å². The molecule has 20 heavy (non-hydrogen) atoms. The highest BCUT2D eigenvalue weighted by Gasteiger charge is 2.14. The van der Waals surface area contributed by atoms with Gasteiger partial charge in [-0.3, -0.25) is 0 Å². The molecule has 0 aliphatic carbocycles. The van der Waals surface area contributed by atoms with Crippen LogP contribution in [-0.4, -0.2) is 10.1 Å². The van der Waals surface area contributed by atoms with E-state index < -0.39 is 0 Å². The molecule has 2 N–H and O–H groups in total. The fraction of sp³-hybridized carbons (Fsp3) is 0.429. The summed E-state index contributed by atoms with van der Waals surface area (Å²) in [4.78, 5) is 5.26. The van der Waals surface area contributed by atoms with E-state index in [4.69, 9.17) is 10.3 Å². The van der Waals surface area contributed by atoms with Gasteiger partial charge in [0.05, 0.1) is 11.8 Å². The zero-order valence-corrected chi connectivity index (χ0v) is 12.2. The van der Waals surface area contributed by atoms with Gasteiger partial charge < -0.3 is 10.3 Å². The van der Waals surface area contributed by atoms with E-state index in [9.17, 15) is 4.39 Å². The number of aromatic nitrogens is 2. The van der Waals surface area contributed by atoms with Crippen molar-refractivity contribution in [2.45, 2.75) is 42.9 Å². The molecule has 1 aromatic carbocycles. The van der Waals surface area contributed by atoms with Gasteiger partial charge in [-0.2, -0.15) is 4.98 Å². The summed E-state index contributed by atoms with van der Waals surface area (Å²) in [6.45, 7) is 2.12. The second kappa shape index (κ2) is 7.40. The summed E-state index contributed by atoms with van der Waals surface area (Å²) in [6.07, 6.45) is 2.99. The molecule has 0 saturated heterocycles. The molecule has 4 nitrogen and oxygen atoms in total. The molecule has 0 bridgehead atoms. The van der Waals surface area contributed by atoms with E-state index >= 15 is 0 Å². The normalized spacial score (nSPS) is 12.6. The second-order valence-electron chi connectivity index (χ2n) is 4.54. The van der Waals surface area contributed by atoms with Gasteiger partial charge in [0.15, 0.2) is 5.82 Å². The Hall–Kier alpha value is -1.40. The van der Waals surface area contributed by atoms with Crippen molar-refractivity contribution in [2.75, 3.05) is 0 Å². The van der Waals surface area contributed by atoms with Gasteiger partial charge in [0.1, 0.15) is 5.82 Å². The van der Waals surface area contributed by atoms with E-state index in [0.29, 0.717) is 17.5 Å². The van der Waals surface area contributed by atoms with E-state index in [0.717, 1.165) is 24.2 Å². The molecule has 0 amide bonds. The Morgan fingerprint density at radius 3 is 2.80 bits per heavy atom. The first-order valence-corrected chi connectivity index (χ1v) is 7.64. The molecule has 2 rings (SSSR count). The lowest BCUT2D eigenvalue weighted by Crippen LogP contribution is -2.10. The van der Waals surface area contributed by atoms with Crippen LogP contribution in [0.1, 0.15) is 43.9 Å². The number of unbranched alkanes of at least 4 members (excludes halogenated alkanes) is 1. The molecule has 0 radical (unpaired) electrons. The Labute approximate surface area is 121 Å². The van der Waals surface area contributed by atoms with Crippen molar-refractivity contribution in [1.29, 1.82) is 0 Å². The highest BCUT2D eigenvalue weighted by Crippen LogP contribution is 2.22. The standard InChI is InChI=1S/C14H18FN3OS/c1-2-3-4-12(16)14-17-13(18-19-14)9-20-11-7-5-10(15)6-8-11/h5-8,12H,2-4,9,16H2,1H3. The molecule has 0 aliphatic heterocycles. The van der Waals surface area contributed by atoms with E-state index in [2.05, 4.69) is 17.1 Å². The van der Waals surface area contributed by atoms with Crippen molar-refractivity contribution in [3.63, 3.8) is 0 Å². The minimum Gasteiger partial charge on any atom is -0.338 e. The van der Waals surface area contributed by atoms with Crippen LogP contribution in [-0.2, 0) is 5.75 Å². The molecule has 1 unspecified atom stereocenters. The Balaban J connectivity index is 1.87. The average Bonchev–Trinajstić information content (AvgIpc) is 2.93. The molecule has 0 fully saturated rings. The fourth-order valence-electron chi connectivity index (χ4n) is 1.70. The van der Waals surface area contributed by atoms with E-state index in [1.54, 1.807) is 12.1 Å². The first-order chi connectivity index (χ1) is 9.69. The zero-order chi connectivity index (χ0) is 14.4. The van der Waals surface area contributed by atoms with Crippen molar-refractivity contribution in [3.8, 4) is 0 Å². The molecule has 0 aliphatic rings. The van der Waals surface area contributed by atoms with Crippen LogP contribution in [0.15, 0.2) is 33.7 Å². The molecule has 1 aromatic heterocycles. The molecule has 1 heterocycles. The summed E-state index contributed by atoms with van der Waals surface area (Å²) in [5.41, 5.74) is 5.97. The summed E-state index contributed by atoms with van der Waals surface area (Å²) in [5, 5.41) is 3.92. The van der Waals surface area contributed by atoms with Crippen LogP contribution in [0, 0.1) is 5.82 Å². The fourth-order valence-corrected chi connectivity index (χ4v) is 2.44. The number of hydrogen-bond donors (Lipinski definition) is 1. The molecule has 6 heteroatoms. The highest BCUT2D eigenvalue weighted by molar-refractivity contribution is 7.98. The molecule has 2 aromatic rings. The van der Waals surface area contributed by atoms with Crippen molar-refractivity contribution >= 4 is 11.8 Å². The monoisotopic (exact) mass is 295 g/mol. The van der Waals surface area contributed by atoms with Crippen LogP contribution < -0.4 is 5.73 Å². The third-order valence-corrected chi connectivity index (χ3v) is 3.86. The third-order valence-electron chi connectivity index (χ3n) is 2.85. The smallest absolute Gasteiger partial charge is 0.243 e. The maximum absolute atomic E-state index is 12.8. The highest BCUT2D eigenvalue weighted by atomic mass is 32.2. The number of halogens is 1. The van der Waals surface area contributed by atoms with E-state index in [1.807, 2.05) is 0 Å². The molecular weight excluding hydrogens is 277 g/mol. The average molecular weight is 295 g/mol. The molecule has 108 valence electrons. The number of rotatable bonds is 7. The van der Waals surface area contributed by atoms with Gasteiger partial charge in [-0.1, -0.05) is 24.9 Å². The van der Waals surface area contributed by atoms with Crippen molar-refractivity contribution in [3.05, 3.63) is 41.8 Å². The largest absolute Gasteiger partial charge is 0.338 e. The van der Waals surface area contributed by atoms with Crippen LogP contribution in [0.2, 0.25) is 0 Å². The summed E-state index contributed by atoms with van der Waals surface area (Å²) < 4.78 is 18.0. The lowest BCUT2D eigenvalue weighted by atomic mass is 10.1. The van der Waals surface area contributed by atoms with Gasteiger partial charge in [-0.05, 0) is 30.7 Å². The van der Waals surface area contributed by atoms with Gasteiger partial charge in [0.25, 0.3) is 0 Å². The lowest BCUT2D eigenvalue weighted by molar-refractivity contribution is 0.343. The predicted octanol–water partition coefficient (Wildman–Crippen LogP) is 3.69. The summed E-state index contributed by atoms with van der Waals surface area (Å²) >= 11 is 1.53. The van der Waals surface area contributed by atoms with Crippen molar-refractivity contribution in [1.82, 2.24) is 10.1 Å². The van der Waals surface area contributed by atoms with Gasteiger partial charge >= 0.3 is 0 Å². The molecule has 0 saturated carbocycles. The zero-order valence-electron chi connectivity index (χ0n) is 11.4. The quantitative estimate of drug-likeness (QED) is 0.789. The Morgan fingerprint density at radius 1 is 1.35 bits per heavy atom. The van der Waals surface area contributed by atoms with Gasteiger partial charge in [-0.15, -0.1) is 11.8 Å². The van der Waals surface area contributed by atoms with Crippen LogP contribution in [0.4, 0.5) is 4.39 Å². The summed E-state index contributed by atoms with van der Waals surface area (Å²) in [5.74, 6) is 1.45. The van der Waals surface area contributed by atoms with Crippen LogP contribution >= 0.6 is 11.8 Å². The Morgan fingerprint density at radius 2 is 2.10 bits per heavy atom. The van der Waals surface area contributed by atoms with Crippen LogP contribution in [0.25, 0.3) is 0 Å². The van der Waals surface area contributed by atoms with Crippen LogP contribution in [0.5, 0.6) is 0 Å². The Kier molecular flexibility index (Phi) is 5.55. The molecule has 1 atom stereocenters. The number of thioether (sulfide) groups is 1. The first-order valence-electron chi connectivity index (χ1n) is 6.65. The topological polar surface area (TPSA) is 64.9 Å². The van der Waals surface area contributed by atoms with Crippen molar-refractivity contribution < 1.29 is 8.91 Å². The van der Waals surface area contributed by atoms with E-state index in [1.165, 1.54) is 23.9 Å². The summed E-state index contributed by atoms with van der Waals surface area (Å²) in [6, 6.07) is 6.14. The second-order valence-corrected chi connectivity index (χ2v) is 5.59. The number of benzene rings is 1. The minimum absolute atomic E-state index is 0.188. The minimum atomic E-state index is -0.238. The maximum Gasteiger partial charge on any atom is 0.243 e. The number of nitrogens with zero attached hydrogens (tertiary/aromatic N) is 2. The predicted molar refractivity (Wildman–Crippen MR) is 76.7 cm³/mol. The molecule has 0 spiro atoms. The Bertz CT molecular complexity index is 529. The maximum atomic E-state index is 12.8. The first kappa shape index (κ1) is 15.0. The van der Waals surface area contributed by atoms with E-state index in [-0.39, 0.29) is 11.9 Å². The number of hydrogen-bond acceptors (Lipinski definition) is 5. The summed E-state index contributed by atoms with van der Waals surface area (Å²) in [7, 11) is 0. The van der Waals surface area contributed by atoms with Gasteiger partial charge in [-0.25, -0.2) is 4.39 Å². The third kappa shape index (κ3) is 4.31. The molecular formula is C14H18FN3OS. The lowest BCUT2D eigenvalue weighted by Gasteiger charge is -2.03. The SMILES string of the molecule is CCCCC(N)c1nc(CSc2ccc(F)cc2)no1. The van der Waals surface area contributed by atoms with Crippen LogP contribution in [0.3, 0.4) is 0 Å². The van der Waals surface area contributed by atoms with Gasteiger partial charge in [0.2, 0.25) is 5.89 Å². The van der Waals surface area contributed by atoms with Gasteiger partial charge in [0, 0.05) is 4.90 Å². The number of nitrogens with two attached hydrogens (primary N) is 1.